The predicted molar refractivity (Wildman–Crippen MR) is 136 cm³/mol. The maximum Gasteiger partial charge on any atom is 0.251 e. The number of nitrogens with zero attached hydrogens (tertiary/aromatic N) is 2. The van der Waals surface area contributed by atoms with Gasteiger partial charge in [-0.1, -0.05) is 30.9 Å². The Morgan fingerprint density at radius 1 is 1.14 bits per heavy atom. The van der Waals surface area contributed by atoms with E-state index in [2.05, 4.69) is 5.32 Å². The first kappa shape index (κ1) is 24.9. The zero-order chi connectivity index (χ0) is 24.9. The number of hydrogen-bond acceptors (Lipinski definition) is 5. The smallest absolute Gasteiger partial charge is 0.251 e. The third-order valence-corrected chi connectivity index (χ3v) is 6.86. The number of ether oxygens (including phenoxy) is 2. The second-order valence-electron chi connectivity index (χ2n) is 8.83. The van der Waals surface area contributed by atoms with Gasteiger partial charge < -0.3 is 25.1 Å². The number of amides is 2. The van der Waals surface area contributed by atoms with Crippen molar-refractivity contribution in [2.24, 2.45) is 5.73 Å². The van der Waals surface area contributed by atoms with Crippen LogP contribution in [0.25, 0.3) is 22.4 Å². The summed E-state index contributed by atoms with van der Waals surface area (Å²) in [6, 6.07) is 9.32. The van der Waals surface area contributed by atoms with Crippen molar-refractivity contribution < 1.29 is 19.1 Å². The van der Waals surface area contributed by atoms with Gasteiger partial charge in [0.25, 0.3) is 5.91 Å². The molecule has 1 saturated carbocycles. The summed E-state index contributed by atoms with van der Waals surface area (Å²) in [6.07, 6.45) is 6.36. The molecule has 35 heavy (non-hydrogen) atoms. The highest BCUT2D eigenvalue weighted by Crippen LogP contribution is 2.42. The number of methoxy groups -OCH3 is 2. The fraction of sp³-hybridized carbons (Fsp3) is 0.423. The molecule has 0 spiro atoms. The first-order chi connectivity index (χ1) is 16.9. The van der Waals surface area contributed by atoms with E-state index < -0.39 is 0 Å². The van der Waals surface area contributed by atoms with E-state index in [0.717, 1.165) is 31.2 Å². The molecule has 2 amide bonds. The van der Waals surface area contributed by atoms with Crippen molar-refractivity contribution in [2.45, 2.75) is 57.5 Å². The number of aryl methyl sites for hydroxylation is 1. The molecule has 1 fully saturated rings. The number of hydrogen-bond donors (Lipinski definition) is 2. The molecule has 0 atom stereocenters. The lowest BCUT2D eigenvalue weighted by Crippen LogP contribution is -2.36. The SMILES string of the molecule is COc1ccc(-c2nc3cc(C(=O)NC4CCCCC4)ccc3n2CCCC(N)=O)c(Cl)c1OC. The number of carbonyl (C=O) groups is 2. The van der Waals surface area contributed by atoms with Crippen molar-refractivity contribution in [3.63, 3.8) is 0 Å². The van der Waals surface area contributed by atoms with Crippen LogP contribution < -0.4 is 20.5 Å². The van der Waals surface area contributed by atoms with Crippen LogP contribution in [0.1, 0.15) is 55.3 Å². The van der Waals surface area contributed by atoms with Crippen LogP contribution in [0.2, 0.25) is 5.02 Å². The molecule has 0 aliphatic heterocycles. The van der Waals surface area contributed by atoms with Crippen molar-refractivity contribution in [1.29, 1.82) is 0 Å². The van der Waals surface area contributed by atoms with Gasteiger partial charge in [0.05, 0.1) is 30.3 Å². The highest BCUT2D eigenvalue weighted by Gasteiger charge is 2.22. The van der Waals surface area contributed by atoms with Gasteiger partial charge in [-0.2, -0.15) is 0 Å². The predicted octanol–water partition coefficient (Wildman–Crippen LogP) is 4.70. The highest BCUT2D eigenvalue weighted by molar-refractivity contribution is 6.35. The van der Waals surface area contributed by atoms with E-state index in [4.69, 9.17) is 31.8 Å². The van der Waals surface area contributed by atoms with Crippen LogP contribution in [-0.4, -0.2) is 41.6 Å². The first-order valence-electron chi connectivity index (χ1n) is 11.9. The summed E-state index contributed by atoms with van der Waals surface area (Å²) in [4.78, 5) is 29.1. The van der Waals surface area contributed by atoms with Crippen LogP contribution in [0.3, 0.4) is 0 Å². The molecular weight excluding hydrogens is 468 g/mol. The Kier molecular flexibility index (Phi) is 7.80. The third-order valence-electron chi connectivity index (χ3n) is 6.48. The lowest BCUT2D eigenvalue weighted by molar-refractivity contribution is -0.118. The summed E-state index contributed by atoms with van der Waals surface area (Å²) in [5, 5.41) is 3.53. The Labute approximate surface area is 209 Å². The van der Waals surface area contributed by atoms with Crippen molar-refractivity contribution in [2.75, 3.05) is 14.2 Å². The number of primary amides is 1. The average Bonchev–Trinajstić information content (AvgIpc) is 3.21. The van der Waals surface area contributed by atoms with Crippen LogP contribution in [0, 0.1) is 0 Å². The number of imidazole rings is 1. The molecule has 1 aromatic heterocycles. The van der Waals surface area contributed by atoms with Gasteiger partial charge in [-0.25, -0.2) is 4.98 Å². The summed E-state index contributed by atoms with van der Waals surface area (Å²) in [7, 11) is 3.08. The van der Waals surface area contributed by atoms with Crippen molar-refractivity contribution in [3.05, 3.63) is 40.9 Å². The normalized spacial score (nSPS) is 14.1. The van der Waals surface area contributed by atoms with Crippen molar-refractivity contribution in [3.8, 4) is 22.9 Å². The van der Waals surface area contributed by atoms with Gasteiger partial charge in [-0.3, -0.25) is 9.59 Å². The second kappa shape index (κ2) is 11.0. The molecule has 8 nitrogen and oxygen atoms in total. The van der Waals surface area contributed by atoms with E-state index in [1.54, 1.807) is 19.2 Å². The minimum Gasteiger partial charge on any atom is -0.493 e. The number of fused-ring (bicyclic) bond motifs is 1. The maximum absolute atomic E-state index is 12.9. The molecule has 0 radical (unpaired) electrons. The lowest BCUT2D eigenvalue weighted by Gasteiger charge is -2.22. The molecule has 3 aromatic rings. The molecule has 0 saturated heterocycles. The van der Waals surface area contributed by atoms with Gasteiger partial charge in [0.15, 0.2) is 11.5 Å². The van der Waals surface area contributed by atoms with Gasteiger partial charge in [0, 0.05) is 30.1 Å². The molecule has 1 heterocycles. The van der Waals surface area contributed by atoms with Crippen LogP contribution in [0.15, 0.2) is 30.3 Å². The molecule has 3 N–H and O–H groups in total. The summed E-state index contributed by atoms with van der Waals surface area (Å²) in [6.45, 7) is 0.507. The Morgan fingerprint density at radius 2 is 1.91 bits per heavy atom. The summed E-state index contributed by atoms with van der Waals surface area (Å²) >= 11 is 6.71. The highest BCUT2D eigenvalue weighted by atomic mass is 35.5. The van der Waals surface area contributed by atoms with Crippen LogP contribution in [0.5, 0.6) is 11.5 Å². The van der Waals surface area contributed by atoms with Gasteiger partial charge in [-0.05, 0) is 49.6 Å². The van der Waals surface area contributed by atoms with Gasteiger partial charge in [-0.15, -0.1) is 0 Å². The van der Waals surface area contributed by atoms with Crippen LogP contribution >= 0.6 is 11.6 Å². The van der Waals surface area contributed by atoms with E-state index in [9.17, 15) is 9.59 Å². The largest absolute Gasteiger partial charge is 0.493 e. The van der Waals surface area contributed by atoms with E-state index in [1.807, 2.05) is 22.8 Å². The number of nitrogens with one attached hydrogen (secondary N) is 1. The monoisotopic (exact) mass is 498 g/mol. The Morgan fingerprint density at radius 3 is 2.60 bits per heavy atom. The number of aromatic nitrogens is 2. The van der Waals surface area contributed by atoms with E-state index in [-0.39, 0.29) is 24.3 Å². The molecule has 0 bridgehead atoms. The Bertz CT molecular complexity index is 1230. The van der Waals surface area contributed by atoms with Gasteiger partial charge in [0.2, 0.25) is 5.91 Å². The minimum absolute atomic E-state index is 0.0900. The van der Waals surface area contributed by atoms with E-state index in [0.29, 0.717) is 52.0 Å². The summed E-state index contributed by atoms with van der Waals surface area (Å²) in [5.41, 5.74) is 8.09. The first-order valence-corrected chi connectivity index (χ1v) is 12.3. The number of nitrogens with two attached hydrogens (primary N) is 1. The topological polar surface area (TPSA) is 108 Å². The number of rotatable bonds is 9. The second-order valence-corrected chi connectivity index (χ2v) is 9.21. The maximum atomic E-state index is 12.9. The molecule has 186 valence electrons. The molecule has 4 rings (SSSR count). The number of halogens is 1. The quantitative estimate of drug-likeness (QED) is 0.444. The summed E-state index contributed by atoms with van der Waals surface area (Å²) < 4.78 is 12.8. The zero-order valence-corrected chi connectivity index (χ0v) is 20.9. The van der Waals surface area contributed by atoms with Gasteiger partial charge in [0.1, 0.15) is 5.82 Å². The molecule has 1 aliphatic carbocycles. The fourth-order valence-corrected chi connectivity index (χ4v) is 5.01. The standard InChI is InChI=1S/C26H31ClN4O4/c1-34-21-13-11-18(23(27)24(21)35-2)25-30-19-15-16(26(33)29-17-7-4-3-5-8-17)10-12-20(19)31(25)14-6-9-22(28)32/h10-13,15,17H,3-9,14H2,1-2H3,(H2,28,32)(H,29,33). The molecule has 1 aliphatic rings. The van der Waals surface area contributed by atoms with E-state index >= 15 is 0 Å². The third kappa shape index (κ3) is 5.37. The summed E-state index contributed by atoms with van der Waals surface area (Å²) in [5.74, 6) is 1.09. The Balaban J connectivity index is 1.74. The zero-order valence-electron chi connectivity index (χ0n) is 20.1. The van der Waals surface area contributed by atoms with Gasteiger partial charge >= 0.3 is 0 Å². The molecule has 9 heteroatoms. The number of carbonyl (C=O) groups excluding carboxylic acids is 2. The lowest BCUT2D eigenvalue weighted by atomic mass is 9.95. The van der Waals surface area contributed by atoms with Crippen molar-refractivity contribution in [1.82, 2.24) is 14.9 Å². The minimum atomic E-state index is -0.359. The fourth-order valence-electron chi connectivity index (χ4n) is 4.69. The molecule has 0 unspecified atom stereocenters. The average molecular weight is 499 g/mol. The molecular formula is C26H31ClN4O4. The van der Waals surface area contributed by atoms with Crippen LogP contribution in [-0.2, 0) is 11.3 Å². The van der Waals surface area contributed by atoms with Crippen molar-refractivity contribution >= 4 is 34.4 Å². The van der Waals surface area contributed by atoms with Crippen LogP contribution in [0.4, 0.5) is 0 Å². The Hall–Kier alpha value is -3.26. The molecule has 2 aromatic carbocycles. The van der Waals surface area contributed by atoms with E-state index in [1.165, 1.54) is 13.5 Å². The number of benzene rings is 2.